The number of alkyl carbamates (subject to hydrolysis) is 1. The number of carboxylic acid groups (broad SMARTS) is 1. The van der Waals surface area contributed by atoms with Crippen molar-refractivity contribution >= 4 is 23.0 Å². The Kier molecular flexibility index (Phi) is 5.40. The highest BCUT2D eigenvalue weighted by atomic mass is 16.6. The molecule has 0 bridgehead atoms. The fourth-order valence-electron chi connectivity index (χ4n) is 3.11. The van der Waals surface area contributed by atoms with Gasteiger partial charge in [0.15, 0.2) is 0 Å². The van der Waals surface area contributed by atoms with Crippen LogP contribution in [0, 0.1) is 0 Å². The van der Waals surface area contributed by atoms with E-state index in [4.69, 9.17) is 4.74 Å². The van der Waals surface area contributed by atoms with Crippen molar-refractivity contribution in [3.63, 3.8) is 0 Å². The molecule has 0 radical (unpaired) electrons. The lowest BCUT2D eigenvalue weighted by Crippen LogP contribution is -2.44. The number of amides is 1. The molecule has 0 fully saturated rings. The monoisotopic (exact) mass is 380 g/mol. The first-order valence-corrected chi connectivity index (χ1v) is 9.11. The van der Waals surface area contributed by atoms with E-state index >= 15 is 0 Å². The van der Waals surface area contributed by atoms with Crippen LogP contribution in [-0.4, -0.2) is 33.8 Å². The Morgan fingerprint density at radius 1 is 1.11 bits per heavy atom. The fraction of sp³-hybridized carbons (Fsp3) is 0.273. The number of carbonyl (C=O) groups excluding carboxylic acids is 1. The van der Waals surface area contributed by atoms with Crippen LogP contribution in [-0.2, 0) is 16.0 Å². The Balaban J connectivity index is 1.87. The number of aliphatic carboxylic acids is 1. The predicted molar refractivity (Wildman–Crippen MR) is 108 cm³/mol. The van der Waals surface area contributed by atoms with Crippen LogP contribution < -0.4 is 5.32 Å². The molecule has 3 rings (SSSR count). The molecule has 28 heavy (non-hydrogen) atoms. The molecule has 1 aromatic heterocycles. The summed E-state index contributed by atoms with van der Waals surface area (Å²) in [5.41, 5.74) is 3.17. The van der Waals surface area contributed by atoms with E-state index in [1.54, 1.807) is 27.0 Å². The van der Waals surface area contributed by atoms with E-state index < -0.39 is 23.7 Å². The minimum absolute atomic E-state index is 0.146. The first-order valence-electron chi connectivity index (χ1n) is 9.11. The van der Waals surface area contributed by atoms with Gasteiger partial charge in [-0.15, -0.1) is 0 Å². The van der Waals surface area contributed by atoms with Gasteiger partial charge in [0, 0.05) is 23.6 Å². The molecule has 0 aliphatic carbocycles. The number of H-pyrrole nitrogens is 1. The molecule has 0 spiro atoms. The maximum absolute atomic E-state index is 12.0. The fourth-order valence-corrected chi connectivity index (χ4v) is 3.11. The Labute approximate surface area is 163 Å². The van der Waals surface area contributed by atoms with Crippen molar-refractivity contribution in [2.45, 2.75) is 38.8 Å². The number of carbonyl (C=O) groups is 2. The number of carboxylic acids is 1. The molecular weight excluding hydrogens is 356 g/mol. The van der Waals surface area contributed by atoms with Gasteiger partial charge in [0.2, 0.25) is 0 Å². The topological polar surface area (TPSA) is 91.4 Å². The zero-order valence-corrected chi connectivity index (χ0v) is 16.2. The largest absolute Gasteiger partial charge is 0.480 e. The number of hydrogen-bond donors (Lipinski definition) is 3. The summed E-state index contributed by atoms with van der Waals surface area (Å²) in [6, 6.07) is 14.8. The quantitative estimate of drug-likeness (QED) is 0.613. The standard InChI is InChI=1S/C22H24N2O4/c1-22(2,3)28-21(27)24-18(20(25)26)12-15-13-23-19-16(10-7-11-17(15)19)14-8-5-4-6-9-14/h4-11,13,18,23H,12H2,1-3H3,(H,24,27)(H,25,26)/t18-/m0/s1. The van der Waals surface area contributed by atoms with Crippen molar-refractivity contribution in [1.29, 1.82) is 0 Å². The third-order valence-electron chi connectivity index (χ3n) is 4.30. The van der Waals surface area contributed by atoms with Gasteiger partial charge in [-0.2, -0.15) is 0 Å². The summed E-state index contributed by atoms with van der Waals surface area (Å²) < 4.78 is 5.18. The number of benzene rings is 2. The number of ether oxygens (including phenoxy) is 1. The van der Waals surface area contributed by atoms with Gasteiger partial charge in [-0.3, -0.25) is 0 Å². The van der Waals surface area contributed by atoms with E-state index in [2.05, 4.69) is 10.3 Å². The van der Waals surface area contributed by atoms with Gasteiger partial charge in [-0.05, 0) is 31.9 Å². The second kappa shape index (κ2) is 7.76. The number of aromatic nitrogens is 1. The molecule has 146 valence electrons. The van der Waals surface area contributed by atoms with Crippen LogP contribution in [0.4, 0.5) is 4.79 Å². The van der Waals surface area contributed by atoms with E-state index in [0.29, 0.717) is 0 Å². The Bertz CT molecular complexity index is 987. The van der Waals surface area contributed by atoms with Crippen molar-refractivity contribution in [3.8, 4) is 11.1 Å². The lowest BCUT2D eigenvalue weighted by atomic mass is 10.00. The summed E-state index contributed by atoms with van der Waals surface area (Å²) in [5, 5.41) is 12.9. The Morgan fingerprint density at radius 2 is 1.82 bits per heavy atom. The molecule has 0 aliphatic rings. The number of hydrogen-bond acceptors (Lipinski definition) is 3. The lowest BCUT2D eigenvalue weighted by molar-refractivity contribution is -0.139. The van der Waals surface area contributed by atoms with E-state index in [-0.39, 0.29) is 6.42 Å². The first kappa shape index (κ1) is 19.5. The highest BCUT2D eigenvalue weighted by Crippen LogP contribution is 2.30. The van der Waals surface area contributed by atoms with Gasteiger partial charge in [0.25, 0.3) is 0 Å². The summed E-state index contributed by atoms with van der Waals surface area (Å²) in [6.45, 7) is 5.19. The van der Waals surface area contributed by atoms with E-state index in [9.17, 15) is 14.7 Å². The number of rotatable bonds is 5. The minimum atomic E-state index is -1.11. The van der Waals surface area contributed by atoms with Crippen molar-refractivity contribution in [2.75, 3.05) is 0 Å². The number of fused-ring (bicyclic) bond motifs is 1. The number of aromatic amines is 1. The first-order chi connectivity index (χ1) is 13.2. The molecule has 2 aromatic carbocycles. The van der Waals surface area contributed by atoms with Gasteiger partial charge in [0.1, 0.15) is 11.6 Å². The highest BCUT2D eigenvalue weighted by Gasteiger charge is 2.25. The van der Waals surface area contributed by atoms with E-state index in [0.717, 1.165) is 27.6 Å². The number of para-hydroxylation sites is 1. The van der Waals surface area contributed by atoms with Crippen LogP contribution in [0.15, 0.2) is 54.7 Å². The van der Waals surface area contributed by atoms with Gasteiger partial charge in [-0.1, -0.05) is 48.5 Å². The van der Waals surface area contributed by atoms with Gasteiger partial charge in [-0.25, -0.2) is 9.59 Å². The third-order valence-corrected chi connectivity index (χ3v) is 4.30. The van der Waals surface area contributed by atoms with Crippen molar-refractivity contribution in [1.82, 2.24) is 10.3 Å². The molecule has 0 saturated heterocycles. The van der Waals surface area contributed by atoms with Crippen LogP contribution in [0.5, 0.6) is 0 Å². The van der Waals surface area contributed by atoms with E-state index in [1.807, 2.05) is 48.5 Å². The van der Waals surface area contributed by atoms with Gasteiger partial charge in [0.05, 0.1) is 5.52 Å². The summed E-state index contributed by atoms with van der Waals surface area (Å²) in [4.78, 5) is 26.9. The number of nitrogens with one attached hydrogen (secondary N) is 2. The smallest absolute Gasteiger partial charge is 0.408 e. The predicted octanol–water partition coefficient (Wildman–Crippen LogP) is 4.36. The van der Waals surface area contributed by atoms with E-state index in [1.165, 1.54) is 0 Å². The molecule has 6 heteroatoms. The van der Waals surface area contributed by atoms with Crippen LogP contribution in [0.1, 0.15) is 26.3 Å². The third kappa shape index (κ3) is 4.52. The molecule has 1 amide bonds. The molecule has 0 unspecified atom stereocenters. The second-order valence-corrected chi connectivity index (χ2v) is 7.65. The summed E-state index contributed by atoms with van der Waals surface area (Å²) in [7, 11) is 0. The average Bonchev–Trinajstić information content (AvgIpc) is 3.03. The molecule has 3 N–H and O–H groups in total. The van der Waals surface area contributed by atoms with Crippen LogP contribution >= 0.6 is 0 Å². The molecule has 0 aliphatic heterocycles. The van der Waals surface area contributed by atoms with Gasteiger partial charge < -0.3 is 20.1 Å². The lowest BCUT2D eigenvalue weighted by Gasteiger charge is -2.22. The summed E-state index contributed by atoms with van der Waals surface area (Å²) in [6.07, 6.45) is 1.20. The Morgan fingerprint density at radius 3 is 2.46 bits per heavy atom. The van der Waals surface area contributed by atoms with Crippen LogP contribution in [0.3, 0.4) is 0 Å². The molecule has 1 atom stereocenters. The second-order valence-electron chi connectivity index (χ2n) is 7.65. The van der Waals surface area contributed by atoms with Crippen LogP contribution in [0.25, 0.3) is 22.0 Å². The SMILES string of the molecule is CC(C)(C)OC(=O)N[C@@H](Cc1c[nH]c2c(-c3ccccc3)cccc12)C(=O)O. The maximum atomic E-state index is 12.0. The Hall–Kier alpha value is -3.28. The summed E-state index contributed by atoms with van der Waals surface area (Å²) in [5.74, 6) is -1.11. The molecular formula is C22H24N2O4. The highest BCUT2D eigenvalue weighted by molar-refractivity contribution is 5.96. The van der Waals surface area contributed by atoms with Crippen molar-refractivity contribution in [3.05, 3.63) is 60.3 Å². The van der Waals surface area contributed by atoms with Crippen molar-refractivity contribution < 1.29 is 19.4 Å². The zero-order chi connectivity index (χ0) is 20.3. The zero-order valence-electron chi connectivity index (χ0n) is 16.2. The molecule has 6 nitrogen and oxygen atoms in total. The average molecular weight is 380 g/mol. The normalized spacial score (nSPS) is 12.5. The maximum Gasteiger partial charge on any atom is 0.408 e. The van der Waals surface area contributed by atoms with Crippen LogP contribution in [0.2, 0.25) is 0 Å². The van der Waals surface area contributed by atoms with Gasteiger partial charge >= 0.3 is 12.1 Å². The molecule has 1 heterocycles. The molecule has 3 aromatic rings. The summed E-state index contributed by atoms with van der Waals surface area (Å²) >= 11 is 0. The minimum Gasteiger partial charge on any atom is -0.480 e. The molecule has 0 saturated carbocycles. The van der Waals surface area contributed by atoms with Crippen molar-refractivity contribution in [2.24, 2.45) is 0 Å².